The van der Waals surface area contributed by atoms with E-state index in [0.29, 0.717) is 13.0 Å². The molecule has 2 N–H and O–H groups in total. The van der Waals surface area contributed by atoms with Crippen molar-refractivity contribution < 1.29 is 9.53 Å². The van der Waals surface area contributed by atoms with Gasteiger partial charge in [-0.1, -0.05) is 0 Å². The zero-order valence-corrected chi connectivity index (χ0v) is 13.6. The Kier molecular flexibility index (Phi) is 5.15. The molecule has 0 amide bonds. The average molecular weight is 360 g/mol. The van der Waals surface area contributed by atoms with Gasteiger partial charge in [-0.3, -0.25) is 4.79 Å². The van der Waals surface area contributed by atoms with Crippen LogP contribution in [0.25, 0.3) is 9.75 Å². The molecule has 0 saturated heterocycles. The summed E-state index contributed by atoms with van der Waals surface area (Å²) in [5.41, 5.74) is 5.81. The summed E-state index contributed by atoms with van der Waals surface area (Å²) in [5, 5.41) is 0. The van der Waals surface area contributed by atoms with Crippen LogP contribution >= 0.6 is 38.6 Å². The second-order valence-electron chi connectivity index (χ2n) is 3.93. The van der Waals surface area contributed by atoms with Crippen molar-refractivity contribution >= 4 is 44.6 Å². The SMILES string of the molecule is CCOC(=O)C(N)Cc1ccc(-c2ccc(Br)s2)s1. The van der Waals surface area contributed by atoms with Crippen LogP contribution in [0.3, 0.4) is 0 Å². The third kappa shape index (κ3) is 3.89. The highest BCUT2D eigenvalue weighted by molar-refractivity contribution is 9.11. The van der Waals surface area contributed by atoms with Gasteiger partial charge in [0.15, 0.2) is 0 Å². The number of rotatable bonds is 5. The molecule has 2 heterocycles. The molecule has 0 aliphatic heterocycles. The van der Waals surface area contributed by atoms with Gasteiger partial charge in [0.25, 0.3) is 0 Å². The molecule has 2 aromatic rings. The number of hydrogen-bond donors (Lipinski definition) is 1. The minimum atomic E-state index is -0.582. The van der Waals surface area contributed by atoms with E-state index in [0.717, 1.165) is 8.66 Å². The van der Waals surface area contributed by atoms with Crippen molar-refractivity contribution in [1.82, 2.24) is 0 Å². The third-order valence-corrected chi connectivity index (χ3v) is 5.42. The largest absolute Gasteiger partial charge is 0.465 e. The molecular weight excluding hydrogens is 346 g/mol. The Hall–Kier alpha value is -0.690. The lowest BCUT2D eigenvalue weighted by Crippen LogP contribution is -2.34. The Morgan fingerprint density at radius 1 is 1.32 bits per heavy atom. The maximum absolute atomic E-state index is 11.5. The van der Waals surface area contributed by atoms with Crippen LogP contribution < -0.4 is 5.73 Å². The second kappa shape index (κ2) is 6.65. The number of halogens is 1. The summed E-state index contributed by atoms with van der Waals surface area (Å²) in [4.78, 5) is 15.0. The molecule has 0 aliphatic carbocycles. The van der Waals surface area contributed by atoms with Crippen molar-refractivity contribution in [3.63, 3.8) is 0 Å². The molecule has 3 nitrogen and oxygen atoms in total. The molecular formula is C13H14BrNO2S2. The molecule has 19 heavy (non-hydrogen) atoms. The monoisotopic (exact) mass is 359 g/mol. The van der Waals surface area contributed by atoms with Crippen molar-refractivity contribution in [2.75, 3.05) is 6.61 Å². The van der Waals surface area contributed by atoms with E-state index >= 15 is 0 Å². The van der Waals surface area contributed by atoms with E-state index in [1.165, 1.54) is 9.75 Å². The van der Waals surface area contributed by atoms with Crippen molar-refractivity contribution in [2.45, 2.75) is 19.4 Å². The molecule has 2 aromatic heterocycles. The van der Waals surface area contributed by atoms with Crippen LogP contribution in [0.4, 0.5) is 0 Å². The Morgan fingerprint density at radius 3 is 2.63 bits per heavy atom. The van der Waals surface area contributed by atoms with E-state index in [1.54, 1.807) is 29.6 Å². The van der Waals surface area contributed by atoms with Crippen LogP contribution in [0, 0.1) is 0 Å². The smallest absolute Gasteiger partial charge is 0.323 e. The summed E-state index contributed by atoms with van der Waals surface area (Å²) in [5.74, 6) is -0.337. The van der Waals surface area contributed by atoms with E-state index in [2.05, 4.69) is 28.1 Å². The molecule has 1 unspecified atom stereocenters. The maximum atomic E-state index is 11.5. The molecule has 0 fully saturated rings. The first kappa shape index (κ1) is 14.7. The minimum Gasteiger partial charge on any atom is -0.465 e. The average Bonchev–Trinajstić information content (AvgIpc) is 2.98. The molecule has 0 bridgehead atoms. The third-order valence-electron chi connectivity index (χ3n) is 2.49. The van der Waals surface area contributed by atoms with Crippen LogP contribution in [0.5, 0.6) is 0 Å². The summed E-state index contributed by atoms with van der Waals surface area (Å²) in [6, 6.07) is 7.61. The first-order valence-corrected chi connectivity index (χ1v) is 8.29. The number of ether oxygens (including phenoxy) is 1. The normalized spacial score (nSPS) is 12.4. The van der Waals surface area contributed by atoms with Crippen molar-refractivity contribution in [2.24, 2.45) is 5.73 Å². The standard InChI is InChI=1S/C13H14BrNO2S2/c1-2-17-13(16)9(15)7-8-3-4-10(18-8)11-5-6-12(14)19-11/h3-6,9H,2,7,15H2,1H3. The fourth-order valence-corrected chi connectivity index (χ4v) is 4.16. The summed E-state index contributed by atoms with van der Waals surface area (Å²) in [7, 11) is 0. The number of thiophene rings is 2. The first-order chi connectivity index (χ1) is 9.10. The Morgan fingerprint density at radius 2 is 2.00 bits per heavy atom. The molecule has 0 aromatic carbocycles. The van der Waals surface area contributed by atoms with Gasteiger partial charge in [-0.15, -0.1) is 22.7 Å². The van der Waals surface area contributed by atoms with E-state index in [1.807, 2.05) is 12.1 Å². The number of nitrogens with two attached hydrogens (primary N) is 1. The lowest BCUT2D eigenvalue weighted by Gasteiger charge is -2.08. The van der Waals surface area contributed by atoms with Gasteiger partial charge in [-0.05, 0) is 47.1 Å². The fraction of sp³-hybridized carbons (Fsp3) is 0.308. The Bertz CT molecular complexity index is 564. The fourth-order valence-electron chi connectivity index (χ4n) is 1.62. The van der Waals surface area contributed by atoms with Crippen LogP contribution in [0.15, 0.2) is 28.1 Å². The predicted molar refractivity (Wildman–Crippen MR) is 83.6 cm³/mol. The molecule has 0 radical (unpaired) electrons. The quantitative estimate of drug-likeness (QED) is 0.828. The molecule has 0 aliphatic rings. The predicted octanol–water partition coefficient (Wildman–Crippen LogP) is 3.67. The molecule has 2 rings (SSSR count). The lowest BCUT2D eigenvalue weighted by atomic mass is 10.2. The van der Waals surface area contributed by atoms with Crippen molar-refractivity contribution in [3.05, 3.63) is 32.9 Å². The highest BCUT2D eigenvalue weighted by Crippen LogP contribution is 2.35. The molecule has 1 atom stereocenters. The van der Waals surface area contributed by atoms with E-state index in [4.69, 9.17) is 10.5 Å². The summed E-state index contributed by atoms with van der Waals surface area (Å²) in [6.07, 6.45) is 0.524. The zero-order valence-electron chi connectivity index (χ0n) is 10.4. The number of hydrogen-bond acceptors (Lipinski definition) is 5. The van der Waals surface area contributed by atoms with Crippen molar-refractivity contribution in [3.8, 4) is 9.75 Å². The molecule has 0 saturated carbocycles. The van der Waals surface area contributed by atoms with Crippen molar-refractivity contribution in [1.29, 1.82) is 0 Å². The summed E-state index contributed by atoms with van der Waals surface area (Å²) < 4.78 is 6.02. The van der Waals surface area contributed by atoms with Gasteiger partial charge in [0.05, 0.1) is 10.4 Å². The highest BCUT2D eigenvalue weighted by atomic mass is 79.9. The van der Waals surface area contributed by atoms with Gasteiger partial charge in [0, 0.05) is 21.1 Å². The number of carbonyl (C=O) groups is 1. The summed E-state index contributed by atoms with van der Waals surface area (Å²) in [6.45, 7) is 2.15. The Balaban J connectivity index is 2.03. The van der Waals surface area contributed by atoms with E-state index < -0.39 is 6.04 Å². The molecule has 0 spiro atoms. The maximum Gasteiger partial charge on any atom is 0.323 e. The van der Waals surface area contributed by atoms with Crippen LogP contribution in [0.1, 0.15) is 11.8 Å². The Labute approximate surface area is 128 Å². The lowest BCUT2D eigenvalue weighted by molar-refractivity contribution is -0.144. The van der Waals surface area contributed by atoms with E-state index in [-0.39, 0.29) is 5.97 Å². The van der Waals surface area contributed by atoms with E-state index in [9.17, 15) is 4.79 Å². The first-order valence-electron chi connectivity index (χ1n) is 5.86. The van der Waals surface area contributed by atoms with Gasteiger partial charge >= 0.3 is 5.97 Å². The van der Waals surface area contributed by atoms with Crippen LogP contribution in [-0.2, 0) is 16.0 Å². The number of carbonyl (C=O) groups excluding carboxylic acids is 1. The topological polar surface area (TPSA) is 52.3 Å². The highest BCUT2D eigenvalue weighted by Gasteiger charge is 2.16. The van der Waals surface area contributed by atoms with Gasteiger partial charge in [0.1, 0.15) is 6.04 Å². The number of esters is 1. The van der Waals surface area contributed by atoms with Crippen LogP contribution in [-0.4, -0.2) is 18.6 Å². The van der Waals surface area contributed by atoms with Gasteiger partial charge in [-0.25, -0.2) is 0 Å². The van der Waals surface area contributed by atoms with Gasteiger partial charge in [0.2, 0.25) is 0 Å². The van der Waals surface area contributed by atoms with Crippen LogP contribution in [0.2, 0.25) is 0 Å². The molecule has 102 valence electrons. The van der Waals surface area contributed by atoms with Gasteiger partial charge in [-0.2, -0.15) is 0 Å². The molecule has 6 heteroatoms. The van der Waals surface area contributed by atoms with Gasteiger partial charge < -0.3 is 10.5 Å². The minimum absolute atomic E-state index is 0.337. The summed E-state index contributed by atoms with van der Waals surface area (Å²) >= 11 is 6.81. The second-order valence-corrected chi connectivity index (χ2v) is 7.56. The zero-order chi connectivity index (χ0) is 13.8.